The van der Waals surface area contributed by atoms with Crippen molar-refractivity contribution in [2.45, 2.75) is 43.4 Å². The summed E-state index contributed by atoms with van der Waals surface area (Å²) in [5.74, 6) is 0.187. The van der Waals surface area contributed by atoms with Crippen molar-refractivity contribution in [2.75, 3.05) is 38.5 Å². The summed E-state index contributed by atoms with van der Waals surface area (Å²) in [5.41, 5.74) is 0.957. The van der Waals surface area contributed by atoms with Crippen LogP contribution in [0.25, 0.3) is 11.4 Å². The number of H-pyrrole nitrogens is 1. The summed E-state index contributed by atoms with van der Waals surface area (Å²) in [6.45, 7) is 4.23. The Morgan fingerprint density at radius 1 is 1.08 bits per heavy atom. The molecule has 2 aliphatic rings. The van der Waals surface area contributed by atoms with Crippen LogP contribution in [0.1, 0.15) is 38.1 Å². The van der Waals surface area contributed by atoms with Gasteiger partial charge in [-0.05, 0) is 45.4 Å². The van der Waals surface area contributed by atoms with Crippen molar-refractivity contribution in [3.63, 3.8) is 0 Å². The van der Waals surface area contributed by atoms with Crippen LogP contribution in [0.4, 0.5) is 16.0 Å². The monoisotopic (exact) mass is 516 g/mol. The van der Waals surface area contributed by atoms with Crippen molar-refractivity contribution in [3.05, 3.63) is 42.4 Å². The largest absolute Gasteiger partial charge is 0.367 e. The van der Waals surface area contributed by atoms with Gasteiger partial charge in [0, 0.05) is 26.2 Å². The lowest BCUT2D eigenvalue weighted by molar-refractivity contribution is -0.0454. The summed E-state index contributed by atoms with van der Waals surface area (Å²) in [6.07, 6.45) is 6.90. The lowest BCUT2D eigenvalue weighted by Crippen LogP contribution is -2.47. The van der Waals surface area contributed by atoms with Gasteiger partial charge in [-0.3, -0.25) is 0 Å². The van der Waals surface area contributed by atoms with E-state index < -0.39 is 15.8 Å². The zero-order valence-corrected chi connectivity index (χ0v) is 21.0. The van der Waals surface area contributed by atoms with E-state index in [-0.39, 0.29) is 28.9 Å². The maximum atomic E-state index is 14.6. The van der Waals surface area contributed by atoms with Crippen LogP contribution in [0.2, 0.25) is 0 Å². The Hall–Kier alpha value is -3.00. The molecule has 2 fully saturated rings. The fourth-order valence-electron chi connectivity index (χ4n) is 4.34. The molecule has 3 aromatic rings. The van der Waals surface area contributed by atoms with Gasteiger partial charge in [0.25, 0.3) is 10.0 Å². The Morgan fingerprint density at radius 2 is 1.89 bits per heavy atom. The predicted octanol–water partition coefficient (Wildman–Crippen LogP) is 2.71. The van der Waals surface area contributed by atoms with Gasteiger partial charge in [0.05, 0.1) is 36.1 Å². The fraction of sp³-hybridized carbons (Fsp3) is 0.478. The highest BCUT2D eigenvalue weighted by atomic mass is 32.2. The summed E-state index contributed by atoms with van der Waals surface area (Å²) < 4.78 is 47.7. The Bertz CT molecular complexity index is 1310. The summed E-state index contributed by atoms with van der Waals surface area (Å²) >= 11 is 0. The van der Waals surface area contributed by atoms with Crippen LogP contribution in [0.5, 0.6) is 0 Å². The Morgan fingerprint density at radius 3 is 2.61 bits per heavy atom. The molecule has 2 atom stereocenters. The van der Waals surface area contributed by atoms with E-state index in [1.807, 2.05) is 14.0 Å². The lowest BCUT2D eigenvalue weighted by atomic mass is 10.0. The molecule has 5 heterocycles. The van der Waals surface area contributed by atoms with Gasteiger partial charge in [-0.25, -0.2) is 32.7 Å². The summed E-state index contributed by atoms with van der Waals surface area (Å²) in [6, 6.07) is 3.02. The summed E-state index contributed by atoms with van der Waals surface area (Å²) in [7, 11) is -1.71. The molecule has 13 heteroatoms. The van der Waals surface area contributed by atoms with E-state index in [0.29, 0.717) is 43.4 Å². The molecular formula is C23H29FN8O3S. The number of likely N-dealkylation sites (N-methyl/N-ethyl adjacent to an activating group) is 1. The molecule has 36 heavy (non-hydrogen) atoms. The molecule has 0 amide bonds. The number of nitrogens with one attached hydrogen (secondary N) is 2. The first-order valence-electron chi connectivity index (χ1n) is 11.9. The first-order valence-corrected chi connectivity index (χ1v) is 13.4. The molecule has 0 radical (unpaired) electrons. The number of hydrogen-bond acceptors (Lipinski definition) is 9. The van der Waals surface area contributed by atoms with Gasteiger partial charge in [-0.15, -0.1) is 0 Å². The van der Waals surface area contributed by atoms with E-state index in [0.717, 1.165) is 25.5 Å². The number of anilines is 2. The highest BCUT2D eigenvalue weighted by molar-refractivity contribution is 7.89. The molecule has 0 aromatic carbocycles. The standard InChI is InChI=1S/C23H29FN8O3S/c1-15-4-3-5-19(35-15)22-26-14-18(29-22)21-17(24)13-27-23(30-21)28-16-6-7-20(25-12-16)36(33,34)32-10-8-31(2)9-11-32/h6-7,12-15,19H,3-5,8-11H2,1-2H3,(H,26,29)(H,27,28,30). The number of aromatic amines is 1. The molecule has 2 N–H and O–H groups in total. The Labute approximate surface area is 209 Å². The van der Waals surface area contributed by atoms with E-state index in [2.05, 4.69) is 35.1 Å². The van der Waals surface area contributed by atoms with Crippen LogP contribution in [0.3, 0.4) is 0 Å². The smallest absolute Gasteiger partial charge is 0.260 e. The van der Waals surface area contributed by atoms with Crippen LogP contribution < -0.4 is 5.32 Å². The van der Waals surface area contributed by atoms with Gasteiger partial charge in [-0.2, -0.15) is 4.31 Å². The second-order valence-electron chi connectivity index (χ2n) is 9.16. The maximum absolute atomic E-state index is 14.6. The number of rotatable bonds is 6. The molecular weight excluding hydrogens is 487 g/mol. The molecule has 0 bridgehead atoms. The number of halogens is 1. The van der Waals surface area contributed by atoms with E-state index in [1.165, 1.54) is 22.8 Å². The number of aromatic nitrogens is 5. The van der Waals surface area contributed by atoms with E-state index >= 15 is 0 Å². The summed E-state index contributed by atoms with van der Waals surface area (Å²) in [5, 5.41) is 2.93. The minimum atomic E-state index is -3.67. The van der Waals surface area contributed by atoms with Crippen molar-refractivity contribution in [1.82, 2.24) is 34.1 Å². The van der Waals surface area contributed by atoms with Crippen molar-refractivity contribution < 1.29 is 17.5 Å². The SMILES string of the molecule is CC1CCCC(c2ncc(-c3nc(Nc4ccc(S(=O)(=O)N5CCN(C)CC5)nc4)ncc3F)[nH]2)O1. The number of imidazole rings is 1. The minimum absolute atomic E-state index is 0.0254. The van der Waals surface area contributed by atoms with Gasteiger partial charge in [0.1, 0.15) is 17.6 Å². The molecule has 2 saturated heterocycles. The third-order valence-corrected chi connectivity index (χ3v) is 8.25. The fourth-order valence-corrected chi connectivity index (χ4v) is 5.68. The molecule has 2 aliphatic heterocycles. The molecule has 5 rings (SSSR count). The number of nitrogens with zero attached hydrogens (tertiary/aromatic N) is 6. The van der Waals surface area contributed by atoms with Crippen LogP contribution in [-0.2, 0) is 14.8 Å². The first kappa shape index (κ1) is 24.7. The predicted molar refractivity (Wildman–Crippen MR) is 130 cm³/mol. The van der Waals surface area contributed by atoms with Crippen molar-refractivity contribution in [1.29, 1.82) is 0 Å². The normalized spacial score (nSPS) is 22.0. The molecule has 0 saturated carbocycles. The molecule has 0 aliphatic carbocycles. The average Bonchev–Trinajstić information content (AvgIpc) is 3.36. The third kappa shape index (κ3) is 5.24. The number of piperazine rings is 1. The maximum Gasteiger partial charge on any atom is 0.260 e. The zero-order valence-electron chi connectivity index (χ0n) is 20.2. The van der Waals surface area contributed by atoms with Gasteiger partial charge >= 0.3 is 0 Å². The van der Waals surface area contributed by atoms with Crippen molar-refractivity contribution in [3.8, 4) is 11.4 Å². The van der Waals surface area contributed by atoms with E-state index in [4.69, 9.17) is 4.74 Å². The third-order valence-electron chi connectivity index (χ3n) is 6.43. The van der Waals surface area contributed by atoms with Gasteiger partial charge < -0.3 is 19.9 Å². The van der Waals surface area contributed by atoms with Gasteiger partial charge in [-0.1, -0.05) is 0 Å². The molecule has 192 valence electrons. The number of ether oxygens (including phenoxy) is 1. The first-order chi connectivity index (χ1) is 17.3. The molecule has 0 spiro atoms. The number of pyridine rings is 1. The molecule has 11 nitrogen and oxygen atoms in total. The van der Waals surface area contributed by atoms with Gasteiger partial charge in [0.2, 0.25) is 5.95 Å². The van der Waals surface area contributed by atoms with E-state index in [1.54, 1.807) is 6.07 Å². The number of hydrogen-bond donors (Lipinski definition) is 2. The van der Waals surface area contributed by atoms with Crippen molar-refractivity contribution in [2.24, 2.45) is 0 Å². The number of sulfonamides is 1. The highest BCUT2D eigenvalue weighted by Gasteiger charge is 2.28. The van der Waals surface area contributed by atoms with Crippen molar-refractivity contribution >= 4 is 21.7 Å². The van der Waals surface area contributed by atoms with Crippen LogP contribution in [0, 0.1) is 5.82 Å². The van der Waals surface area contributed by atoms with Gasteiger partial charge in [0.15, 0.2) is 10.8 Å². The quantitative estimate of drug-likeness (QED) is 0.508. The molecule has 3 aromatic heterocycles. The second kappa shape index (κ2) is 10.2. The lowest BCUT2D eigenvalue weighted by Gasteiger charge is -2.31. The van der Waals surface area contributed by atoms with E-state index in [9.17, 15) is 12.8 Å². The zero-order chi connectivity index (χ0) is 25.3. The topological polar surface area (TPSA) is 129 Å². The van der Waals surface area contributed by atoms with Crippen LogP contribution in [0.15, 0.2) is 35.7 Å². The second-order valence-corrected chi connectivity index (χ2v) is 11.0. The van der Waals surface area contributed by atoms with Crippen LogP contribution >= 0.6 is 0 Å². The Balaban J connectivity index is 1.30. The van der Waals surface area contributed by atoms with Crippen LogP contribution in [-0.4, -0.2) is 81.9 Å². The average molecular weight is 517 g/mol. The Kier molecular flexibility index (Phi) is 6.97. The molecule has 2 unspecified atom stereocenters. The minimum Gasteiger partial charge on any atom is -0.367 e. The summed E-state index contributed by atoms with van der Waals surface area (Å²) in [4.78, 5) is 22.0. The highest BCUT2D eigenvalue weighted by Crippen LogP contribution is 2.31.